The Hall–Kier alpha value is -5.91. The number of hydrogen-bond acceptors (Lipinski definition) is 7. The summed E-state index contributed by atoms with van der Waals surface area (Å²) in [6.07, 6.45) is 9.96. The average Bonchev–Trinajstić information content (AvgIpc) is 3.90. The Morgan fingerprint density at radius 3 is 1.84 bits per heavy atom. The molecule has 4 aromatic carbocycles. The van der Waals surface area contributed by atoms with Crippen LogP contribution in [0.3, 0.4) is 0 Å². The van der Waals surface area contributed by atoms with E-state index in [0.29, 0.717) is 28.2 Å². The standard InChI is InChI=1S/C17H11BrN4O.C10H7N3.C7H4BrNO.2C2H6.CH4/c18-13-4-6-14(7-5-13)21-17(23)16-20-8-9-22(16)15-3-1-2-12(10-15)11-19;11-7-9-2-1-3-10(6-9)13-5-4-12-8-13;8-6-1-3-7(4-2-6)9-5-10;2*1-2;/h1-10H,(H,21,23);1-6,8H;1-4H;2*1-2H3;1H4. The molecule has 0 saturated heterocycles. The second kappa shape index (κ2) is 24.3. The van der Waals surface area contributed by atoms with Gasteiger partial charge in [0.25, 0.3) is 5.91 Å². The summed E-state index contributed by atoms with van der Waals surface area (Å²) in [6.45, 7) is 8.00. The summed E-state index contributed by atoms with van der Waals surface area (Å²) in [7, 11) is 0. The molecule has 1 N–H and O–H groups in total. The van der Waals surface area contributed by atoms with Gasteiger partial charge in [-0.15, -0.1) is 0 Å². The molecule has 1 amide bonds. The third kappa shape index (κ3) is 14.2. The summed E-state index contributed by atoms with van der Waals surface area (Å²) in [4.78, 5) is 33.7. The lowest BCUT2D eigenvalue weighted by molar-refractivity contribution is 0.101. The van der Waals surface area contributed by atoms with Crippen LogP contribution in [0.4, 0.5) is 11.4 Å². The lowest BCUT2D eigenvalue weighted by Gasteiger charge is -2.09. The van der Waals surface area contributed by atoms with Crippen LogP contribution < -0.4 is 5.32 Å². The fourth-order valence-corrected chi connectivity index (χ4v) is 4.37. The number of benzene rings is 4. The fraction of sp³-hybridized carbons (Fsp3) is 0.128. The second-order valence-electron chi connectivity index (χ2n) is 9.06. The van der Waals surface area contributed by atoms with E-state index in [0.717, 1.165) is 14.6 Å². The molecule has 260 valence electrons. The number of isocyanates is 1. The van der Waals surface area contributed by atoms with Gasteiger partial charge in [0, 0.05) is 50.8 Å². The normalized spacial score (nSPS) is 8.86. The smallest absolute Gasteiger partial charge is 0.292 e. The number of carbonyl (C=O) groups is 1. The zero-order chi connectivity index (χ0) is 36.7. The van der Waals surface area contributed by atoms with E-state index in [1.54, 1.807) is 78.0 Å². The highest BCUT2D eigenvalue weighted by molar-refractivity contribution is 9.10. The Morgan fingerprint density at radius 1 is 0.765 bits per heavy atom. The fourth-order valence-electron chi connectivity index (χ4n) is 3.84. The van der Waals surface area contributed by atoms with E-state index in [2.05, 4.69) is 64.3 Å². The van der Waals surface area contributed by atoms with Crippen LogP contribution in [0.15, 0.2) is 142 Å². The minimum Gasteiger partial charge on any atom is -0.319 e. The van der Waals surface area contributed by atoms with Gasteiger partial charge >= 0.3 is 0 Å². The van der Waals surface area contributed by atoms with E-state index in [1.807, 2.05) is 87.0 Å². The highest BCUT2D eigenvalue weighted by Crippen LogP contribution is 2.18. The lowest BCUT2D eigenvalue weighted by atomic mass is 10.2. The van der Waals surface area contributed by atoms with Gasteiger partial charge in [0.2, 0.25) is 11.9 Å². The van der Waals surface area contributed by atoms with Crippen LogP contribution in [0, 0.1) is 22.7 Å². The molecular formula is C39H38Br2N8O2. The summed E-state index contributed by atoms with van der Waals surface area (Å²) in [5.74, 6) is -0.0670. The number of nitriles is 2. The third-order valence-corrected chi connectivity index (χ3v) is 7.04. The van der Waals surface area contributed by atoms with E-state index in [-0.39, 0.29) is 19.2 Å². The predicted molar refractivity (Wildman–Crippen MR) is 210 cm³/mol. The van der Waals surface area contributed by atoms with Crippen molar-refractivity contribution in [1.29, 1.82) is 10.5 Å². The van der Waals surface area contributed by atoms with Gasteiger partial charge in [-0.25, -0.2) is 14.8 Å². The summed E-state index contributed by atoms with van der Waals surface area (Å²) in [6, 6.07) is 33.0. The molecule has 2 heterocycles. The maximum Gasteiger partial charge on any atom is 0.292 e. The highest BCUT2D eigenvalue weighted by Gasteiger charge is 2.14. The topological polar surface area (TPSA) is 142 Å². The molecular weight excluding hydrogens is 772 g/mol. The van der Waals surface area contributed by atoms with Crippen LogP contribution in [0.25, 0.3) is 11.4 Å². The number of anilines is 1. The number of imidazole rings is 2. The Balaban J connectivity index is 0.000000394. The Kier molecular flexibility index (Phi) is 20.5. The van der Waals surface area contributed by atoms with Crippen LogP contribution in [-0.2, 0) is 4.79 Å². The Labute approximate surface area is 316 Å². The van der Waals surface area contributed by atoms with Gasteiger partial charge in [-0.1, -0.05) is 79.1 Å². The summed E-state index contributed by atoms with van der Waals surface area (Å²) in [5.41, 5.74) is 4.15. The van der Waals surface area contributed by atoms with Gasteiger partial charge in [-0.2, -0.15) is 15.5 Å². The molecule has 0 aliphatic heterocycles. The van der Waals surface area contributed by atoms with Crippen molar-refractivity contribution in [2.24, 2.45) is 4.99 Å². The van der Waals surface area contributed by atoms with Crippen LogP contribution in [0.1, 0.15) is 56.9 Å². The number of aliphatic imine (C=N–C) groups is 1. The number of rotatable bonds is 5. The SMILES string of the molecule is C.CC.CC.N#Cc1cccc(-n2ccnc2)c1.N#Cc1cccc(-n2ccnc2C(=O)Nc2ccc(Br)cc2)c1.O=C=Nc1ccc(Br)cc1. The molecule has 2 aromatic heterocycles. The maximum absolute atomic E-state index is 12.4. The quantitative estimate of drug-likeness (QED) is 0.136. The molecule has 0 spiro atoms. The molecule has 6 aromatic rings. The second-order valence-corrected chi connectivity index (χ2v) is 10.9. The van der Waals surface area contributed by atoms with Crippen molar-refractivity contribution in [3.05, 3.63) is 154 Å². The summed E-state index contributed by atoms with van der Waals surface area (Å²) >= 11 is 6.61. The number of carbonyl (C=O) groups excluding carboxylic acids is 2. The number of nitrogens with one attached hydrogen (secondary N) is 1. The molecule has 0 aliphatic rings. The van der Waals surface area contributed by atoms with E-state index in [9.17, 15) is 9.59 Å². The van der Waals surface area contributed by atoms with Gasteiger partial charge < -0.3 is 9.88 Å². The number of nitrogens with zero attached hydrogens (tertiary/aromatic N) is 7. The molecule has 10 nitrogen and oxygen atoms in total. The molecule has 0 radical (unpaired) electrons. The number of hydrogen-bond donors (Lipinski definition) is 1. The first kappa shape index (κ1) is 43.1. The largest absolute Gasteiger partial charge is 0.319 e. The maximum atomic E-state index is 12.4. The van der Waals surface area contributed by atoms with Crippen molar-refractivity contribution in [3.63, 3.8) is 0 Å². The predicted octanol–water partition coefficient (Wildman–Crippen LogP) is 10.6. The number of aromatic nitrogens is 4. The molecule has 0 saturated carbocycles. The average molecular weight is 811 g/mol. The van der Waals surface area contributed by atoms with E-state index in [1.165, 1.54) is 6.08 Å². The van der Waals surface area contributed by atoms with Crippen LogP contribution in [0.5, 0.6) is 0 Å². The zero-order valence-corrected chi connectivity index (χ0v) is 31.0. The summed E-state index contributed by atoms with van der Waals surface area (Å²) < 4.78 is 5.42. The summed E-state index contributed by atoms with van der Waals surface area (Å²) in [5, 5.41) is 20.5. The van der Waals surface area contributed by atoms with Crippen molar-refractivity contribution >= 4 is 55.2 Å². The van der Waals surface area contributed by atoms with Gasteiger partial charge in [0.15, 0.2) is 0 Å². The monoisotopic (exact) mass is 808 g/mol. The molecule has 0 bridgehead atoms. The Bertz CT molecular complexity index is 2040. The molecule has 51 heavy (non-hydrogen) atoms. The molecule has 0 fully saturated rings. The number of amides is 1. The zero-order valence-electron chi connectivity index (χ0n) is 27.8. The molecule has 0 atom stereocenters. The minimum atomic E-state index is -0.320. The first-order valence-electron chi connectivity index (χ1n) is 15.3. The third-order valence-electron chi connectivity index (χ3n) is 5.98. The molecule has 0 unspecified atom stereocenters. The van der Waals surface area contributed by atoms with Gasteiger partial charge in [-0.05, 0) is 84.9 Å². The molecule has 12 heteroatoms. The van der Waals surface area contributed by atoms with E-state index >= 15 is 0 Å². The van der Waals surface area contributed by atoms with Crippen molar-refractivity contribution in [2.45, 2.75) is 35.1 Å². The van der Waals surface area contributed by atoms with Crippen molar-refractivity contribution in [3.8, 4) is 23.5 Å². The molecule has 6 rings (SSSR count). The number of halogens is 2. The first-order chi connectivity index (χ1) is 24.4. The lowest BCUT2D eigenvalue weighted by Crippen LogP contribution is -2.17. The molecule has 0 aliphatic carbocycles. The minimum absolute atomic E-state index is 0. The van der Waals surface area contributed by atoms with Crippen molar-refractivity contribution < 1.29 is 9.59 Å². The van der Waals surface area contributed by atoms with Crippen molar-refractivity contribution in [2.75, 3.05) is 5.32 Å². The van der Waals surface area contributed by atoms with Gasteiger partial charge in [0.05, 0.1) is 35.3 Å². The van der Waals surface area contributed by atoms with Gasteiger partial charge in [0.1, 0.15) is 0 Å². The van der Waals surface area contributed by atoms with E-state index in [4.69, 9.17) is 10.5 Å². The van der Waals surface area contributed by atoms with Crippen LogP contribution in [-0.4, -0.2) is 31.1 Å². The van der Waals surface area contributed by atoms with E-state index < -0.39 is 0 Å². The van der Waals surface area contributed by atoms with Crippen LogP contribution in [0.2, 0.25) is 0 Å². The first-order valence-corrected chi connectivity index (χ1v) is 16.9. The van der Waals surface area contributed by atoms with Crippen molar-refractivity contribution in [1.82, 2.24) is 19.1 Å². The Morgan fingerprint density at radius 2 is 1.31 bits per heavy atom. The highest BCUT2D eigenvalue weighted by atomic mass is 79.9. The van der Waals surface area contributed by atoms with Gasteiger partial charge in [-0.3, -0.25) is 9.36 Å². The van der Waals surface area contributed by atoms with Crippen LogP contribution >= 0.6 is 31.9 Å².